The van der Waals surface area contributed by atoms with Crippen molar-refractivity contribution in [3.63, 3.8) is 0 Å². The second kappa shape index (κ2) is 11.0. The van der Waals surface area contributed by atoms with Crippen LogP contribution in [0.4, 0.5) is 11.4 Å². The number of piperidine rings is 1. The molecule has 2 rings (SSSR count). The van der Waals surface area contributed by atoms with Gasteiger partial charge in [0.1, 0.15) is 5.69 Å². The predicted molar refractivity (Wildman–Crippen MR) is 119 cm³/mol. The number of hydrogen-bond donors (Lipinski definition) is 2. The fourth-order valence-corrected chi connectivity index (χ4v) is 4.73. The van der Waals surface area contributed by atoms with Gasteiger partial charge in [-0.2, -0.15) is 0 Å². The minimum atomic E-state index is -3.79. The van der Waals surface area contributed by atoms with Crippen LogP contribution in [0.5, 0.6) is 0 Å². The number of nitrogens with zero attached hydrogens (tertiary/aromatic N) is 3. The van der Waals surface area contributed by atoms with Gasteiger partial charge in [-0.05, 0) is 58.0 Å². The second-order valence-electron chi connectivity index (χ2n) is 8.60. The summed E-state index contributed by atoms with van der Waals surface area (Å²) in [4.78, 5) is 15.4. The maximum atomic E-state index is 12.5. The third-order valence-corrected chi connectivity index (χ3v) is 6.58. The molecule has 0 saturated carbocycles. The van der Waals surface area contributed by atoms with Crippen molar-refractivity contribution in [2.24, 2.45) is 5.92 Å². The number of sulfonamides is 1. The van der Waals surface area contributed by atoms with Crippen LogP contribution in [0.25, 0.3) is 0 Å². The van der Waals surface area contributed by atoms with Gasteiger partial charge in [0.2, 0.25) is 10.0 Å². The molecule has 0 unspecified atom stereocenters. The lowest BCUT2D eigenvalue weighted by Gasteiger charge is -2.33. The van der Waals surface area contributed by atoms with Gasteiger partial charge >= 0.3 is 0 Å². The average molecular weight is 442 g/mol. The molecule has 0 atom stereocenters. The zero-order chi connectivity index (χ0) is 22.3. The van der Waals surface area contributed by atoms with E-state index in [1.807, 2.05) is 19.0 Å². The molecule has 1 aliphatic rings. The molecule has 1 aliphatic heterocycles. The van der Waals surface area contributed by atoms with Crippen LogP contribution in [-0.4, -0.2) is 76.0 Å². The lowest BCUT2D eigenvalue weighted by Crippen LogP contribution is -2.40. The molecular weight excluding hydrogens is 406 g/mol. The molecule has 9 nitrogen and oxygen atoms in total. The van der Waals surface area contributed by atoms with E-state index in [0.717, 1.165) is 45.1 Å². The summed E-state index contributed by atoms with van der Waals surface area (Å²) in [5, 5.41) is 14.8. The Hall–Kier alpha value is -1.75. The molecule has 1 heterocycles. The molecule has 1 saturated heterocycles. The van der Waals surface area contributed by atoms with E-state index in [0.29, 0.717) is 18.0 Å². The van der Waals surface area contributed by atoms with Crippen LogP contribution < -0.4 is 10.0 Å². The number of nitro benzene ring substituents is 1. The standard InChI is InChI=1S/C20H35N5O4S/c1-16(2)15-24-12-8-17(9-13-24)22-19-7-6-18(14-20(19)25(26)27)30(28,29)21-10-5-11-23(3)4/h6-7,14,16-17,21-22H,5,8-13,15H2,1-4H3. The Morgan fingerprint density at radius 2 is 1.93 bits per heavy atom. The van der Waals surface area contributed by atoms with Gasteiger partial charge in [-0.1, -0.05) is 13.8 Å². The third-order valence-electron chi connectivity index (χ3n) is 5.12. The Bertz CT molecular complexity index is 805. The lowest BCUT2D eigenvalue weighted by molar-refractivity contribution is -0.384. The molecule has 2 N–H and O–H groups in total. The van der Waals surface area contributed by atoms with Crippen molar-refractivity contribution in [1.82, 2.24) is 14.5 Å². The normalized spacial score (nSPS) is 16.3. The van der Waals surface area contributed by atoms with Gasteiger partial charge in [-0.3, -0.25) is 10.1 Å². The highest BCUT2D eigenvalue weighted by Crippen LogP contribution is 2.29. The molecule has 1 aromatic carbocycles. The van der Waals surface area contributed by atoms with E-state index in [9.17, 15) is 18.5 Å². The molecule has 0 spiro atoms. The molecule has 0 aromatic heterocycles. The van der Waals surface area contributed by atoms with E-state index in [1.165, 1.54) is 12.1 Å². The fraction of sp³-hybridized carbons (Fsp3) is 0.700. The number of rotatable bonds is 11. The molecule has 1 fully saturated rings. The van der Waals surface area contributed by atoms with Crippen LogP contribution in [0.3, 0.4) is 0 Å². The van der Waals surface area contributed by atoms with Crippen molar-refractivity contribution < 1.29 is 13.3 Å². The topological polar surface area (TPSA) is 108 Å². The third kappa shape index (κ3) is 7.50. The van der Waals surface area contributed by atoms with E-state index < -0.39 is 14.9 Å². The summed E-state index contributed by atoms with van der Waals surface area (Å²) in [5.41, 5.74) is 0.157. The van der Waals surface area contributed by atoms with E-state index in [1.54, 1.807) is 0 Å². The quantitative estimate of drug-likeness (QED) is 0.308. The number of nitrogens with one attached hydrogen (secondary N) is 2. The second-order valence-corrected chi connectivity index (χ2v) is 10.4. The van der Waals surface area contributed by atoms with Crippen LogP contribution >= 0.6 is 0 Å². The first-order valence-electron chi connectivity index (χ1n) is 10.5. The number of hydrogen-bond acceptors (Lipinski definition) is 7. The predicted octanol–water partition coefficient (Wildman–Crippen LogP) is 2.36. The summed E-state index contributed by atoms with van der Waals surface area (Å²) in [6, 6.07) is 4.22. The zero-order valence-electron chi connectivity index (χ0n) is 18.4. The molecular formula is C20H35N5O4S. The number of anilines is 1. The fourth-order valence-electron chi connectivity index (χ4n) is 3.63. The zero-order valence-corrected chi connectivity index (χ0v) is 19.2. The van der Waals surface area contributed by atoms with Crippen molar-refractivity contribution >= 4 is 21.4 Å². The van der Waals surface area contributed by atoms with Gasteiger partial charge in [0.05, 0.1) is 9.82 Å². The van der Waals surface area contributed by atoms with Gasteiger partial charge in [0.25, 0.3) is 5.69 Å². The molecule has 1 aromatic rings. The van der Waals surface area contributed by atoms with Crippen LogP contribution in [0.15, 0.2) is 23.1 Å². The first kappa shape index (κ1) is 24.5. The highest BCUT2D eigenvalue weighted by atomic mass is 32.2. The molecule has 0 bridgehead atoms. The van der Waals surface area contributed by atoms with Crippen LogP contribution in [0.1, 0.15) is 33.1 Å². The summed E-state index contributed by atoms with van der Waals surface area (Å²) < 4.78 is 27.5. The molecule has 10 heteroatoms. The molecule has 0 aliphatic carbocycles. The van der Waals surface area contributed by atoms with E-state index in [2.05, 4.69) is 28.8 Å². The molecule has 0 amide bonds. The first-order chi connectivity index (χ1) is 14.1. The maximum absolute atomic E-state index is 12.5. The number of likely N-dealkylation sites (tertiary alicyclic amines) is 1. The van der Waals surface area contributed by atoms with Gasteiger partial charge in [-0.15, -0.1) is 0 Å². The minimum Gasteiger partial charge on any atom is -0.377 e. The van der Waals surface area contributed by atoms with Gasteiger partial charge in [0.15, 0.2) is 0 Å². The summed E-state index contributed by atoms with van der Waals surface area (Å²) in [6.45, 7) is 8.38. The monoisotopic (exact) mass is 441 g/mol. The maximum Gasteiger partial charge on any atom is 0.293 e. The number of benzene rings is 1. The van der Waals surface area contributed by atoms with Crippen molar-refractivity contribution in [1.29, 1.82) is 0 Å². The van der Waals surface area contributed by atoms with Gasteiger partial charge in [-0.25, -0.2) is 13.1 Å². The van der Waals surface area contributed by atoms with E-state index >= 15 is 0 Å². The Kier molecular flexibility index (Phi) is 9.02. The highest BCUT2D eigenvalue weighted by Gasteiger charge is 2.25. The average Bonchev–Trinajstić information content (AvgIpc) is 2.66. The smallest absolute Gasteiger partial charge is 0.293 e. The molecule has 30 heavy (non-hydrogen) atoms. The Labute approximate surface area is 180 Å². The summed E-state index contributed by atoms with van der Waals surface area (Å²) >= 11 is 0. The minimum absolute atomic E-state index is 0.0867. The largest absolute Gasteiger partial charge is 0.377 e. The van der Waals surface area contributed by atoms with Crippen LogP contribution in [0.2, 0.25) is 0 Å². The first-order valence-corrected chi connectivity index (χ1v) is 12.0. The number of nitro groups is 1. The van der Waals surface area contributed by atoms with Crippen molar-refractivity contribution in [2.45, 2.75) is 44.0 Å². The Morgan fingerprint density at radius 3 is 2.50 bits per heavy atom. The SMILES string of the molecule is CC(C)CN1CCC(Nc2ccc(S(=O)(=O)NCCCN(C)C)cc2[N+](=O)[O-])CC1. The summed E-state index contributed by atoms with van der Waals surface area (Å²) in [7, 11) is 0.0385. The van der Waals surface area contributed by atoms with Gasteiger partial charge in [0, 0.05) is 38.3 Å². The lowest BCUT2D eigenvalue weighted by atomic mass is 10.0. The van der Waals surface area contributed by atoms with Crippen LogP contribution in [0, 0.1) is 16.0 Å². The van der Waals surface area contributed by atoms with E-state index in [-0.39, 0.29) is 23.2 Å². The van der Waals surface area contributed by atoms with Crippen LogP contribution in [-0.2, 0) is 10.0 Å². The molecule has 170 valence electrons. The van der Waals surface area contributed by atoms with Crippen molar-refractivity contribution in [3.05, 3.63) is 28.3 Å². The summed E-state index contributed by atoms with van der Waals surface area (Å²) in [5.74, 6) is 0.613. The van der Waals surface area contributed by atoms with E-state index in [4.69, 9.17) is 0 Å². The molecule has 0 radical (unpaired) electrons. The highest BCUT2D eigenvalue weighted by molar-refractivity contribution is 7.89. The summed E-state index contributed by atoms with van der Waals surface area (Å²) in [6.07, 6.45) is 2.46. The Morgan fingerprint density at radius 1 is 1.27 bits per heavy atom. The van der Waals surface area contributed by atoms with Crippen molar-refractivity contribution in [2.75, 3.05) is 52.1 Å². The Balaban J connectivity index is 2.04. The van der Waals surface area contributed by atoms with Gasteiger partial charge < -0.3 is 15.1 Å². The van der Waals surface area contributed by atoms with Crippen molar-refractivity contribution in [3.8, 4) is 0 Å².